The van der Waals surface area contributed by atoms with Crippen LogP contribution in [0, 0.1) is 6.92 Å². The third kappa shape index (κ3) is 4.94. The number of pyridine rings is 1. The average Bonchev–Trinajstić information content (AvgIpc) is 2.32. The highest BCUT2D eigenvalue weighted by atomic mass is 32.2. The summed E-state index contributed by atoms with van der Waals surface area (Å²) in [5.74, 6) is -1.84. The third-order valence-corrected chi connectivity index (χ3v) is 3.30. The van der Waals surface area contributed by atoms with Crippen molar-refractivity contribution in [1.82, 2.24) is 10.3 Å². The first-order valence-electron chi connectivity index (χ1n) is 5.70. The molecule has 1 rings (SSSR count). The molecule has 1 amide bonds. The van der Waals surface area contributed by atoms with Gasteiger partial charge in [-0.1, -0.05) is 0 Å². The Bertz CT molecular complexity index is 627. The second-order valence-electron chi connectivity index (χ2n) is 4.11. The van der Waals surface area contributed by atoms with Gasteiger partial charge in [-0.15, -0.1) is 0 Å². The quantitative estimate of drug-likeness (QED) is 0.605. The van der Waals surface area contributed by atoms with Crippen molar-refractivity contribution < 1.29 is 23.1 Å². The fraction of sp³-hybridized carbons (Fsp3) is 0.364. The number of nitrogens with two attached hydrogens (primary N) is 1. The van der Waals surface area contributed by atoms with Crippen LogP contribution in [0.25, 0.3) is 0 Å². The topological polar surface area (TPSA) is 139 Å². The Morgan fingerprint density at radius 3 is 2.55 bits per heavy atom. The number of aromatic carboxylic acids is 1. The van der Waals surface area contributed by atoms with Crippen molar-refractivity contribution in [2.24, 2.45) is 5.14 Å². The molecule has 9 heteroatoms. The highest BCUT2D eigenvalue weighted by Crippen LogP contribution is 2.06. The van der Waals surface area contributed by atoms with Crippen LogP contribution in [-0.4, -0.2) is 42.7 Å². The van der Waals surface area contributed by atoms with Crippen molar-refractivity contribution in [3.8, 4) is 0 Å². The molecule has 8 nitrogen and oxygen atoms in total. The molecular weight excluding hydrogens is 286 g/mol. The van der Waals surface area contributed by atoms with Gasteiger partial charge in [0.1, 0.15) is 5.69 Å². The largest absolute Gasteiger partial charge is 0.478 e. The fourth-order valence-electron chi connectivity index (χ4n) is 1.48. The molecule has 4 N–H and O–H groups in total. The molecule has 20 heavy (non-hydrogen) atoms. The van der Waals surface area contributed by atoms with Crippen LogP contribution in [0.15, 0.2) is 12.1 Å². The molecule has 0 spiro atoms. The second kappa shape index (κ2) is 6.44. The van der Waals surface area contributed by atoms with Gasteiger partial charge in [0.25, 0.3) is 5.91 Å². The highest BCUT2D eigenvalue weighted by molar-refractivity contribution is 7.89. The zero-order chi connectivity index (χ0) is 15.3. The van der Waals surface area contributed by atoms with Crippen LogP contribution < -0.4 is 10.5 Å². The van der Waals surface area contributed by atoms with E-state index in [2.05, 4.69) is 10.3 Å². The van der Waals surface area contributed by atoms with E-state index in [-0.39, 0.29) is 35.7 Å². The minimum Gasteiger partial charge on any atom is -0.478 e. The van der Waals surface area contributed by atoms with Gasteiger partial charge in [-0.05, 0) is 25.5 Å². The molecule has 0 fully saturated rings. The van der Waals surface area contributed by atoms with Crippen LogP contribution >= 0.6 is 0 Å². The summed E-state index contributed by atoms with van der Waals surface area (Å²) < 4.78 is 21.4. The number of carboxylic acids is 1. The summed E-state index contributed by atoms with van der Waals surface area (Å²) in [6, 6.07) is 2.59. The van der Waals surface area contributed by atoms with Crippen molar-refractivity contribution in [3.63, 3.8) is 0 Å². The lowest BCUT2D eigenvalue weighted by Gasteiger charge is -2.06. The molecule has 0 aliphatic carbocycles. The number of carbonyl (C=O) groups excluding carboxylic acids is 1. The van der Waals surface area contributed by atoms with E-state index in [0.717, 1.165) is 0 Å². The average molecular weight is 301 g/mol. The van der Waals surface area contributed by atoms with Crippen molar-refractivity contribution in [2.45, 2.75) is 13.3 Å². The Labute approximate surface area is 116 Å². The van der Waals surface area contributed by atoms with Gasteiger partial charge in [0.2, 0.25) is 10.0 Å². The monoisotopic (exact) mass is 301 g/mol. The molecule has 0 saturated heterocycles. The van der Waals surface area contributed by atoms with Crippen molar-refractivity contribution in [2.75, 3.05) is 12.3 Å². The second-order valence-corrected chi connectivity index (χ2v) is 5.85. The maximum Gasteiger partial charge on any atom is 0.337 e. The van der Waals surface area contributed by atoms with E-state index < -0.39 is 21.9 Å². The zero-order valence-electron chi connectivity index (χ0n) is 10.8. The Morgan fingerprint density at radius 1 is 1.40 bits per heavy atom. The van der Waals surface area contributed by atoms with Gasteiger partial charge in [-0.25, -0.2) is 23.3 Å². The number of hydrogen-bond acceptors (Lipinski definition) is 5. The van der Waals surface area contributed by atoms with Gasteiger partial charge < -0.3 is 10.4 Å². The van der Waals surface area contributed by atoms with Gasteiger partial charge in [0, 0.05) is 6.54 Å². The van der Waals surface area contributed by atoms with Crippen LogP contribution in [0.2, 0.25) is 0 Å². The van der Waals surface area contributed by atoms with E-state index in [1.165, 1.54) is 19.1 Å². The lowest BCUT2D eigenvalue weighted by molar-refractivity contribution is 0.0694. The third-order valence-electron chi connectivity index (χ3n) is 2.44. The van der Waals surface area contributed by atoms with Gasteiger partial charge in [-0.3, -0.25) is 4.79 Å². The molecular formula is C11H15N3O5S. The Balaban J connectivity index is 2.60. The minimum atomic E-state index is -3.54. The number of hydrogen-bond donors (Lipinski definition) is 3. The summed E-state index contributed by atoms with van der Waals surface area (Å²) in [7, 11) is -3.54. The molecule has 0 unspecified atom stereocenters. The number of rotatable bonds is 6. The first-order valence-corrected chi connectivity index (χ1v) is 7.42. The lowest BCUT2D eigenvalue weighted by Crippen LogP contribution is -2.28. The van der Waals surface area contributed by atoms with Crippen LogP contribution in [0.4, 0.5) is 0 Å². The zero-order valence-corrected chi connectivity index (χ0v) is 11.6. The van der Waals surface area contributed by atoms with Crippen LogP contribution in [0.5, 0.6) is 0 Å². The molecule has 110 valence electrons. The summed E-state index contributed by atoms with van der Waals surface area (Å²) in [5.41, 5.74) is 0.327. The maximum atomic E-state index is 11.7. The number of nitrogens with zero attached hydrogens (tertiary/aromatic N) is 1. The number of aromatic nitrogens is 1. The fourth-order valence-corrected chi connectivity index (χ4v) is 2.03. The van der Waals surface area contributed by atoms with E-state index >= 15 is 0 Å². The lowest BCUT2D eigenvalue weighted by atomic mass is 10.2. The van der Waals surface area contributed by atoms with E-state index in [1.54, 1.807) is 0 Å². The van der Waals surface area contributed by atoms with Crippen molar-refractivity contribution in [3.05, 3.63) is 29.1 Å². The molecule has 1 aromatic rings. The van der Waals surface area contributed by atoms with E-state index in [9.17, 15) is 18.0 Å². The SMILES string of the molecule is Cc1nc(C(=O)NCCCS(N)(=O)=O)ccc1C(=O)O. The molecule has 0 aliphatic rings. The number of nitrogens with one attached hydrogen (secondary N) is 1. The van der Waals surface area contributed by atoms with Gasteiger partial charge >= 0.3 is 5.97 Å². The maximum absolute atomic E-state index is 11.7. The molecule has 0 radical (unpaired) electrons. The molecule has 0 saturated carbocycles. The summed E-state index contributed by atoms with van der Waals surface area (Å²) >= 11 is 0. The standard InChI is InChI=1S/C11H15N3O5S/c1-7-8(11(16)17)3-4-9(14-7)10(15)13-5-2-6-20(12,18)19/h3-4H,2,5-6H2,1H3,(H,13,15)(H,16,17)(H2,12,18,19). The number of primary sulfonamides is 1. The normalized spacial score (nSPS) is 11.1. The first kappa shape index (κ1) is 16.1. The molecule has 1 heterocycles. The van der Waals surface area contributed by atoms with Crippen molar-refractivity contribution >= 4 is 21.9 Å². The Kier molecular flexibility index (Phi) is 5.17. The Hall–Kier alpha value is -2.00. The van der Waals surface area contributed by atoms with Crippen LogP contribution in [0.1, 0.15) is 33.0 Å². The van der Waals surface area contributed by atoms with Crippen LogP contribution in [-0.2, 0) is 10.0 Å². The van der Waals surface area contributed by atoms with Gasteiger partial charge in [-0.2, -0.15) is 0 Å². The van der Waals surface area contributed by atoms with Gasteiger partial charge in [0.05, 0.1) is 17.0 Å². The van der Waals surface area contributed by atoms with Crippen LogP contribution in [0.3, 0.4) is 0 Å². The predicted octanol–water partition coefficient (Wildman–Crippen LogP) is -0.503. The van der Waals surface area contributed by atoms with E-state index in [1.807, 2.05) is 0 Å². The van der Waals surface area contributed by atoms with E-state index in [0.29, 0.717) is 0 Å². The summed E-state index contributed by atoms with van der Waals surface area (Å²) in [6.07, 6.45) is 0.191. The number of aryl methyl sites for hydroxylation is 1. The molecule has 0 aliphatic heterocycles. The number of carboxylic acid groups (broad SMARTS) is 1. The molecule has 0 bridgehead atoms. The number of sulfonamides is 1. The number of amides is 1. The highest BCUT2D eigenvalue weighted by Gasteiger charge is 2.13. The summed E-state index contributed by atoms with van der Waals surface area (Å²) in [4.78, 5) is 26.4. The molecule has 0 atom stereocenters. The van der Waals surface area contributed by atoms with E-state index in [4.69, 9.17) is 10.2 Å². The summed E-state index contributed by atoms with van der Waals surface area (Å²) in [6.45, 7) is 1.62. The summed E-state index contributed by atoms with van der Waals surface area (Å²) in [5, 5.41) is 16.1. The minimum absolute atomic E-state index is 0.0239. The smallest absolute Gasteiger partial charge is 0.337 e. The van der Waals surface area contributed by atoms with Gasteiger partial charge in [0.15, 0.2) is 0 Å². The number of carbonyl (C=O) groups is 2. The van der Waals surface area contributed by atoms with Crippen molar-refractivity contribution in [1.29, 1.82) is 0 Å². The molecule has 1 aromatic heterocycles. The first-order chi connectivity index (χ1) is 9.20. The predicted molar refractivity (Wildman–Crippen MR) is 70.9 cm³/mol. The Morgan fingerprint density at radius 2 is 2.05 bits per heavy atom. The molecule has 0 aromatic carbocycles.